The number of nitrogens with two attached hydrogens (primary N) is 2. The van der Waals surface area contributed by atoms with Gasteiger partial charge >= 0.3 is 5.97 Å². The minimum atomic E-state index is -1.36. The molecule has 7 unspecified atom stereocenters. The number of hydrogen-bond acceptors (Lipinski definition) is 8. The number of fused-ring (bicyclic) bond motifs is 5. The number of benzene rings is 1. The number of hydrogen-bond donors (Lipinski definition) is 5. The molecule has 45 heavy (non-hydrogen) atoms. The number of primary amides is 1. The third-order valence-corrected chi connectivity index (χ3v) is 11.5. The number of nitrogens with one attached hydrogen (secondary N) is 1. The Kier molecular flexibility index (Phi) is 9.07. The van der Waals surface area contributed by atoms with Crippen LogP contribution >= 0.6 is 12.6 Å². The molecule has 0 saturated heterocycles. The number of rotatable bonds is 7. The predicted octanol–water partition coefficient (Wildman–Crippen LogP) is 3.90. The number of carbonyl (C=O) groups excluding carboxylic acids is 4. The maximum absolute atomic E-state index is 13.1. The molecule has 3 saturated carbocycles. The van der Waals surface area contributed by atoms with Gasteiger partial charge in [0.2, 0.25) is 11.0 Å². The lowest BCUT2D eigenvalue weighted by Crippen LogP contribution is -2.61. The molecule has 3 fully saturated rings. The van der Waals surface area contributed by atoms with Gasteiger partial charge in [-0.25, -0.2) is 4.99 Å². The smallest absolute Gasteiger partial charge is 0.306 e. The largest absolute Gasteiger partial charge is 0.449 e. The fraction of sp³-hybridized carbons (Fsp3) is 0.559. The van der Waals surface area contributed by atoms with E-state index >= 15 is 0 Å². The van der Waals surface area contributed by atoms with Crippen molar-refractivity contribution in [3.63, 3.8) is 0 Å². The van der Waals surface area contributed by atoms with Crippen molar-refractivity contribution in [3.05, 3.63) is 53.3 Å². The summed E-state index contributed by atoms with van der Waals surface area (Å²) < 4.78 is 5.95. The molecule has 11 heteroatoms. The van der Waals surface area contributed by atoms with Crippen LogP contribution in [0.4, 0.5) is 5.69 Å². The van der Waals surface area contributed by atoms with Crippen molar-refractivity contribution in [1.82, 2.24) is 5.32 Å². The zero-order chi connectivity index (χ0) is 32.7. The molecule has 1 aromatic carbocycles. The minimum Gasteiger partial charge on any atom is -0.449 e. The molecule has 10 nitrogen and oxygen atoms in total. The molecule has 7 atom stereocenters. The van der Waals surface area contributed by atoms with Gasteiger partial charge in [0.05, 0.1) is 24.0 Å². The van der Waals surface area contributed by atoms with Crippen LogP contribution in [-0.4, -0.2) is 52.0 Å². The van der Waals surface area contributed by atoms with E-state index in [1.807, 2.05) is 6.92 Å². The van der Waals surface area contributed by atoms with E-state index in [-0.39, 0.29) is 30.7 Å². The van der Waals surface area contributed by atoms with Crippen molar-refractivity contribution in [3.8, 4) is 0 Å². The molecule has 0 spiro atoms. The van der Waals surface area contributed by atoms with E-state index in [2.05, 4.69) is 30.9 Å². The summed E-state index contributed by atoms with van der Waals surface area (Å²) in [5.74, 6) is -1.39. The molecule has 0 bridgehead atoms. The average molecular weight is 637 g/mol. The normalized spacial score (nSPS) is 35.8. The Balaban J connectivity index is 1.49. The number of thiol groups is 1. The molecular weight excluding hydrogens is 592 g/mol. The lowest BCUT2D eigenvalue weighted by Gasteiger charge is -2.57. The summed E-state index contributed by atoms with van der Waals surface area (Å²) in [6.45, 7) is 5.67. The Morgan fingerprint density at radius 2 is 1.98 bits per heavy atom. The van der Waals surface area contributed by atoms with Crippen LogP contribution in [0.5, 0.6) is 0 Å². The molecular formula is C34H44N4O6S. The average Bonchev–Trinajstić information content (AvgIpc) is 3.19. The van der Waals surface area contributed by atoms with E-state index in [9.17, 15) is 24.3 Å². The lowest BCUT2D eigenvalue weighted by atomic mass is 9.49. The summed E-state index contributed by atoms with van der Waals surface area (Å²) in [7, 11) is 0. The highest BCUT2D eigenvalue weighted by molar-refractivity contribution is 7.96. The number of nitrogens with zero attached hydrogens (tertiary/aromatic N) is 1. The van der Waals surface area contributed by atoms with Gasteiger partial charge in [-0.2, -0.15) is 0 Å². The van der Waals surface area contributed by atoms with Crippen molar-refractivity contribution in [1.29, 1.82) is 0 Å². The molecule has 0 heterocycles. The Morgan fingerprint density at radius 1 is 1.22 bits per heavy atom. The van der Waals surface area contributed by atoms with Crippen LogP contribution in [0, 0.1) is 28.6 Å². The van der Waals surface area contributed by atoms with Gasteiger partial charge in [0.1, 0.15) is 0 Å². The Bertz CT molecular complexity index is 1500. The fourth-order valence-electron chi connectivity index (χ4n) is 9.08. The van der Waals surface area contributed by atoms with Gasteiger partial charge < -0.3 is 26.6 Å². The molecule has 6 N–H and O–H groups in total. The van der Waals surface area contributed by atoms with Crippen LogP contribution in [0.2, 0.25) is 0 Å². The summed E-state index contributed by atoms with van der Waals surface area (Å²) in [6, 6.07) is 6.82. The number of allylic oxidation sites excluding steroid dienone is 3. The van der Waals surface area contributed by atoms with E-state index in [0.29, 0.717) is 36.2 Å². The highest BCUT2D eigenvalue weighted by atomic mass is 32.1. The molecule has 0 radical (unpaired) electrons. The Hall–Kier alpha value is -3.44. The molecule has 242 valence electrons. The summed E-state index contributed by atoms with van der Waals surface area (Å²) >= 11 is 4.25. The van der Waals surface area contributed by atoms with E-state index in [1.165, 1.54) is 5.57 Å². The quantitative estimate of drug-likeness (QED) is 0.223. The minimum absolute atomic E-state index is 0.0756. The number of aliphatic imine (C=N–C) groups is 1. The van der Waals surface area contributed by atoms with Crippen molar-refractivity contribution < 1.29 is 29.0 Å². The van der Waals surface area contributed by atoms with Crippen LogP contribution in [0.15, 0.2) is 52.7 Å². The first kappa shape index (κ1) is 32.9. The highest BCUT2D eigenvalue weighted by Gasteiger charge is 2.69. The Labute approximate surface area is 269 Å². The highest BCUT2D eigenvalue weighted by Crippen LogP contribution is 2.68. The van der Waals surface area contributed by atoms with Gasteiger partial charge in [0, 0.05) is 17.4 Å². The number of aliphatic hydroxyl groups excluding tert-OH is 1. The summed E-state index contributed by atoms with van der Waals surface area (Å²) in [5.41, 5.74) is 12.5. The predicted molar refractivity (Wildman–Crippen MR) is 174 cm³/mol. The van der Waals surface area contributed by atoms with Crippen molar-refractivity contribution in [2.75, 3.05) is 6.54 Å². The van der Waals surface area contributed by atoms with Crippen molar-refractivity contribution in [2.24, 2.45) is 45.0 Å². The molecule has 0 aromatic heterocycles. The number of ether oxygens (including phenoxy) is 1. The van der Waals surface area contributed by atoms with Crippen LogP contribution in [-0.2, 0) is 19.1 Å². The SMILES string of the molecule is CCC(=O)OC1(C(=O)S)CCC2C3CCCC4=CC(=Nc5cccc(C(=O)NCC(N)=O)c5)C(=CN)CC4(C)C3C(O)CC21C. The van der Waals surface area contributed by atoms with Gasteiger partial charge in [0.25, 0.3) is 5.91 Å². The van der Waals surface area contributed by atoms with Gasteiger partial charge in [-0.15, -0.1) is 12.6 Å². The van der Waals surface area contributed by atoms with Crippen LogP contribution < -0.4 is 16.8 Å². The topological polar surface area (TPSA) is 174 Å². The first-order chi connectivity index (χ1) is 21.3. The zero-order valence-corrected chi connectivity index (χ0v) is 27.1. The number of aliphatic hydroxyl groups is 1. The molecule has 2 amide bonds. The zero-order valence-electron chi connectivity index (χ0n) is 26.2. The third-order valence-electron chi connectivity index (χ3n) is 11.1. The molecule has 1 aromatic rings. The van der Waals surface area contributed by atoms with Crippen molar-refractivity contribution in [2.45, 2.75) is 83.8 Å². The van der Waals surface area contributed by atoms with Crippen LogP contribution in [0.3, 0.4) is 0 Å². The molecule has 0 aliphatic heterocycles. The number of carbonyl (C=O) groups is 4. The summed E-state index contributed by atoms with van der Waals surface area (Å²) in [6.07, 6.45) is 7.74. The van der Waals surface area contributed by atoms with E-state index < -0.39 is 45.4 Å². The Morgan fingerprint density at radius 3 is 2.64 bits per heavy atom. The maximum Gasteiger partial charge on any atom is 0.306 e. The lowest BCUT2D eigenvalue weighted by molar-refractivity contribution is -0.193. The van der Waals surface area contributed by atoms with Gasteiger partial charge in [0.15, 0.2) is 5.60 Å². The summed E-state index contributed by atoms with van der Waals surface area (Å²) in [4.78, 5) is 54.1. The molecule has 5 rings (SSSR count). The van der Waals surface area contributed by atoms with Gasteiger partial charge in [-0.1, -0.05) is 32.4 Å². The molecule has 4 aliphatic carbocycles. The number of esters is 1. The van der Waals surface area contributed by atoms with Gasteiger partial charge in [-0.05, 0) is 104 Å². The number of amides is 2. The second-order valence-electron chi connectivity index (χ2n) is 13.5. The third kappa shape index (κ3) is 5.62. The second kappa shape index (κ2) is 12.4. The van der Waals surface area contributed by atoms with E-state index in [4.69, 9.17) is 21.2 Å². The molecule has 4 aliphatic rings. The second-order valence-corrected chi connectivity index (χ2v) is 13.9. The van der Waals surface area contributed by atoms with E-state index in [0.717, 1.165) is 31.3 Å². The standard InChI is InChI=1S/C34H44N4O6S/c1-4-28(41)44-34(31(43)45)12-11-24-23-10-6-8-21-14-25(38-22-9-5-7-19(13-22)30(42)37-18-27(36)40)20(17-35)15-32(21,2)29(23)26(39)16-33(24,34)3/h5,7,9,13-14,17,23-24,26,29,39H,4,6,8,10-12,15-16,18,35H2,1-3H3,(H2,36,40)(H,37,42)(H,43,45). The monoisotopic (exact) mass is 636 g/mol. The van der Waals surface area contributed by atoms with Gasteiger partial charge in [-0.3, -0.25) is 19.2 Å². The van der Waals surface area contributed by atoms with Crippen molar-refractivity contribution >= 4 is 46.9 Å². The van der Waals surface area contributed by atoms with Crippen LogP contribution in [0.25, 0.3) is 0 Å². The maximum atomic E-state index is 13.1. The van der Waals surface area contributed by atoms with Crippen LogP contribution in [0.1, 0.15) is 82.5 Å². The van der Waals surface area contributed by atoms with E-state index in [1.54, 1.807) is 37.4 Å². The summed E-state index contributed by atoms with van der Waals surface area (Å²) in [5, 5.41) is 14.1. The first-order valence-electron chi connectivity index (χ1n) is 15.8. The first-order valence-corrected chi connectivity index (χ1v) is 16.2. The fourth-order valence-corrected chi connectivity index (χ4v) is 9.50.